The number of rotatable bonds is 3. The molecule has 2 N–H and O–H groups in total. The lowest BCUT2D eigenvalue weighted by Crippen LogP contribution is -1.88. The van der Waals surface area contributed by atoms with Crippen molar-refractivity contribution in [2.75, 3.05) is 7.11 Å². The van der Waals surface area contributed by atoms with Gasteiger partial charge in [0.15, 0.2) is 0 Å². The number of methoxy groups -OCH3 is 1. The van der Waals surface area contributed by atoms with E-state index in [2.05, 4.69) is 31.2 Å². The molecule has 0 amide bonds. The Labute approximate surface area is 148 Å². The first-order chi connectivity index (χ1) is 12.8. The summed E-state index contributed by atoms with van der Waals surface area (Å²) in [6.07, 6.45) is 9.12. The topological polar surface area (TPSA) is 79.5 Å². The van der Waals surface area contributed by atoms with E-state index < -0.39 is 0 Å². The Morgan fingerprint density at radius 3 is 2.73 bits per heavy atom. The van der Waals surface area contributed by atoms with Crippen molar-refractivity contribution < 1.29 is 4.74 Å². The molecule has 6 heteroatoms. The fourth-order valence-electron chi connectivity index (χ4n) is 3.39. The summed E-state index contributed by atoms with van der Waals surface area (Å²) in [4.78, 5) is 12.2. The Balaban J connectivity index is 1.87. The highest BCUT2D eigenvalue weighted by molar-refractivity contribution is 6.16. The Kier molecular flexibility index (Phi) is 3.21. The molecule has 0 atom stereocenters. The summed E-state index contributed by atoms with van der Waals surface area (Å²) in [6, 6.07) is 10.0. The fourth-order valence-corrected chi connectivity index (χ4v) is 3.39. The van der Waals surface area contributed by atoms with E-state index in [1.807, 2.05) is 42.9 Å². The summed E-state index contributed by atoms with van der Waals surface area (Å²) < 4.78 is 5.63. The smallest absolute Gasteiger partial charge is 0.127 e. The van der Waals surface area contributed by atoms with Gasteiger partial charge < -0.3 is 9.72 Å². The molecule has 5 rings (SSSR count). The van der Waals surface area contributed by atoms with E-state index in [1.54, 1.807) is 19.5 Å². The average Bonchev–Trinajstić information content (AvgIpc) is 3.35. The maximum absolute atomic E-state index is 5.63. The van der Waals surface area contributed by atoms with Gasteiger partial charge in [-0.05, 0) is 30.3 Å². The van der Waals surface area contributed by atoms with Gasteiger partial charge in [-0.3, -0.25) is 15.1 Å². The van der Waals surface area contributed by atoms with Crippen LogP contribution < -0.4 is 4.74 Å². The second-order valence-electron chi connectivity index (χ2n) is 6.03. The van der Waals surface area contributed by atoms with Gasteiger partial charge in [-0.25, -0.2) is 0 Å². The zero-order chi connectivity index (χ0) is 17.5. The van der Waals surface area contributed by atoms with E-state index >= 15 is 0 Å². The van der Waals surface area contributed by atoms with Gasteiger partial charge in [0.25, 0.3) is 0 Å². The third-order valence-corrected chi connectivity index (χ3v) is 4.57. The molecule has 0 fully saturated rings. The Bertz CT molecular complexity index is 1210. The number of nitrogens with one attached hydrogen (secondary N) is 2. The number of nitrogens with zero attached hydrogens (tertiary/aromatic N) is 3. The molecule has 0 radical (unpaired) electrons. The standard InChI is InChI=1S/C20H15N5O/c1-26-18-5-4-15-20(19(18)13-9-23-24-10-13)14-7-16(22-11-17(14)25-15)12-3-2-6-21-8-12/h2-11,25H,1H3,(H,23,24). The van der Waals surface area contributed by atoms with E-state index in [0.717, 1.165) is 49.9 Å². The number of hydrogen-bond acceptors (Lipinski definition) is 4. The van der Waals surface area contributed by atoms with Crippen LogP contribution in [0.2, 0.25) is 0 Å². The lowest BCUT2D eigenvalue weighted by Gasteiger charge is -2.09. The quantitative estimate of drug-likeness (QED) is 0.516. The van der Waals surface area contributed by atoms with Gasteiger partial charge in [-0.15, -0.1) is 0 Å². The zero-order valence-electron chi connectivity index (χ0n) is 14.0. The van der Waals surface area contributed by atoms with Crippen LogP contribution in [0.15, 0.2) is 61.3 Å². The molecule has 4 aromatic heterocycles. The van der Waals surface area contributed by atoms with E-state index in [1.165, 1.54) is 0 Å². The van der Waals surface area contributed by atoms with Crippen LogP contribution in [0.5, 0.6) is 5.75 Å². The predicted molar refractivity (Wildman–Crippen MR) is 101 cm³/mol. The van der Waals surface area contributed by atoms with Gasteiger partial charge in [0, 0.05) is 51.6 Å². The van der Waals surface area contributed by atoms with Gasteiger partial charge in [0.1, 0.15) is 5.75 Å². The Morgan fingerprint density at radius 2 is 1.96 bits per heavy atom. The normalized spacial score (nSPS) is 11.3. The van der Waals surface area contributed by atoms with Gasteiger partial charge in [0.05, 0.1) is 30.7 Å². The summed E-state index contributed by atoms with van der Waals surface area (Å²) in [5.74, 6) is 0.805. The first-order valence-electron chi connectivity index (χ1n) is 8.23. The van der Waals surface area contributed by atoms with Crippen LogP contribution in [0.4, 0.5) is 0 Å². The molecule has 1 aromatic carbocycles. The molecule has 0 aliphatic heterocycles. The molecule has 0 saturated carbocycles. The molecular weight excluding hydrogens is 326 g/mol. The summed E-state index contributed by atoms with van der Waals surface area (Å²) >= 11 is 0. The molecule has 4 heterocycles. The number of hydrogen-bond donors (Lipinski definition) is 2. The van der Waals surface area contributed by atoms with Gasteiger partial charge in [-0.2, -0.15) is 5.10 Å². The van der Waals surface area contributed by atoms with Crippen molar-refractivity contribution in [1.82, 2.24) is 25.1 Å². The number of pyridine rings is 2. The maximum Gasteiger partial charge on any atom is 0.127 e. The second-order valence-corrected chi connectivity index (χ2v) is 6.03. The SMILES string of the molecule is COc1ccc2[nH]c3cnc(-c4cccnc4)cc3c2c1-c1cn[nH]c1. The minimum Gasteiger partial charge on any atom is -0.496 e. The van der Waals surface area contributed by atoms with E-state index in [0.29, 0.717) is 0 Å². The molecule has 0 spiro atoms. The van der Waals surface area contributed by atoms with Crippen molar-refractivity contribution in [3.05, 3.63) is 61.3 Å². The van der Waals surface area contributed by atoms with Gasteiger partial charge in [0.2, 0.25) is 0 Å². The fraction of sp³-hybridized carbons (Fsp3) is 0.0500. The molecule has 5 aromatic rings. The van der Waals surface area contributed by atoms with Crippen molar-refractivity contribution in [3.8, 4) is 28.1 Å². The summed E-state index contributed by atoms with van der Waals surface area (Å²) in [5.41, 5.74) is 5.86. The molecule has 126 valence electrons. The molecule has 0 saturated heterocycles. The van der Waals surface area contributed by atoms with Crippen LogP contribution in [0.1, 0.15) is 0 Å². The number of H-pyrrole nitrogens is 2. The van der Waals surface area contributed by atoms with Crippen molar-refractivity contribution in [2.24, 2.45) is 0 Å². The highest BCUT2D eigenvalue weighted by atomic mass is 16.5. The van der Waals surface area contributed by atoms with Crippen LogP contribution in [-0.2, 0) is 0 Å². The Morgan fingerprint density at radius 1 is 1.00 bits per heavy atom. The highest BCUT2D eigenvalue weighted by Crippen LogP contribution is 2.40. The molecule has 0 unspecified atom stereocenters. The van der Waals surface area contributed by atoms with Crippen LogP contribution in [0.25, 0.3) is 44.2 Å². The minimum absolute atomic E-state index is 0.805. The first-order valence-corrected chi connectivity index (χ1v) is 8.23. The third kappa shape index (κ3) is 2.16. The van der Waals surface area contributed by atoms with Crippen molar-refractivity contribution in [1.29, 1.82) is 0 Å². The number of aromatic nitrogens is 5. The third-order valence-electron chi connectivity index (χ3n) is 4.57. The van der Waals surface area contributed by atoms with E-state index in [-0.39, 0.29) is 0 Å². The lowest BCUT2D eigenvalue weighted by molar-refractivity contribution is 0.417. The Hall–Kier alpha value is -3.67. The van der Waals surface area contributed by atoms with Crippen molar-refractivity contribution >= 4 is 21.8 Å². The number of fused-ring (bicyclic) bond motifs is 3. The largest absolute Gasteiger partial charge is 0.496 e. The van der Waals surface area contributed by atoms with Crippen molar-refractivity contribution in [2.45, 2.75) is 0 Å². The average molecular weight is 341 g/mol. The predicted octanol–water partition coefficient (Wildman–Crippen LogP) is 4.18. The van der Waals surface area contributed by atoms with Crippen molar-refractivity contribution in [3.63, 3.8) is 0 Å². The second kappa shape index (κ2) is 5.70. The summed E-state index contributed by atoms with van der Waals surface area (Å²) in [5, 5.41) is 9.16. The maximum atomic E-state index is 5.63. The van der Waals surface area contributed by atoms with Crippen LogP contribution in [-0.4, -0.2) is 32.3 Å². The van der Waals surface area contributed by atoms with Crippen LogP contribution in [0, 0.1) is 0 Å². The number of ether oxygens (including phenoxy) is 1. The van der Waals surface area contributed by atoms with E-state index in [9.17, 15) is 0 Å². The monoisotopic (exact) mass is 341 g/mol. The molecule has 0 aliphatic rings. The summed E-state index contributed by atoms with van der Waals surface area (Å²) in [6.45, 7) is 0. The molecular formula is C20H15N5O. The molecule has 26 heavy (non-hydrogen) atoms. The first kappa shape index (κ1) is 14.7. The number of benzene rings is 1. The zero-order valence-corrected chi connectivity index (χ0v) is 14.0. The van der Waals surface area contributed by atoms with Crippen LogP contribution in [0.3, 0.4) is 0 Å². The lowest BCUT2D eigenvalue weighted by atomic mass is 10.0. The van der Waals surface area contributed by atoms with E-state index in [4.69, 9.17) is 4.74 Å². The summed E-state index contributed by atoms with van der Waals surface area (Å²) in [7, 11) is 1.68. The molecule has 6 nitrogen and oxygen atoms in total. The molecule has 0 bridgehead atoms. The number of aromatic amines is 2. The van der Waals surface area contributed by atoms with Gasteiger partial charge >= 0.3 is 0 Å². The minimum atomic E-state index is 0.805. The molecule has 0 aliphatic carbocycles. The van der Waals surface area contributed by atoms with Gasteiger partial charge in [-0.1, -0.05) is 0 Å². The highest BCUT2D eigenvalue weighted by Gasteiger charge is 2.17. The van der Waals surface area contributed by atoms with Crippen LogP contribution >= 0.6 is 0 Å².